The molecule has 0 radical (unpaired) electrons. The lowest BCUT2D eigenvalue weighted by atomic mass is 9.81. The highest BCUT2D eigenvalue weighted by molar-refractivity contribution is 4.78. The molecule has 0 aromatic carbocycles. The fraction of sp³-hybridized carbons (Fsp3) is 1.00. The maximum atomic E-state index is 9.17. The highest BCUT2D eigenvalue weighted by Crippen LogP contribution is 2.25. The number of aliphatic hydroxyl groups excluding tert-OH is 1. The van der Waals surface area contributed by atoms with Gasteiger partial charge in [0.15, 0.2) is 0 Å². The number of nitrogens with one attached hydrogen (secondary N) is 1. The van der Waals surface area contributed by atoms with Crippen molar-refractivity contribution < 1.29 is 5.11 Å². The topological polar surface area (TPSA) is 32.3 Å². The van der Waals surface area contributed by atoms with E-state index in [0.29, 0.717) is 17.3 Å². The first-order valence-electron chi connectivity index (χ1n) is 5.65. The Morgan fingerprint density at radius 3 is 1.93 bits per heavy atom. The van der Waals surface area contributed by atoms with Crippen LogP contribution in [0.3, 0.4) is 0 Å². The van der Waals surface area contributed by atoms with Crippen LogP contribution in [-0.4, -0.2) is 24.3 Å². The lowest BCUT2D eigenvalue weighted by Crippen LogP contribution is -2.43. The first-order valence-corrected chi connectivity index (χ1v) is 5.65. The molecule has 1 atom stereocenters. The van der Waals surface area contributed by atoms with Crippen LogP contribution in [-0.2, 0) is 0 Å². The first-order chi connectivity index (χ1) is 6.31. The van der Waals surface area contributed by atoms with E-state index < -0.39 is 0 Å². The summed E-state index contributed by atoms with van der Waals surface area (Å²) in [5.41, 5.74) is 0.294. The molecule has 0 aliphatic carbocycles. The van der Waals surface area contributed by atoms with Crippen molar-refractivity contribution in [1.29, 1.82) is 0 Å². The minimum atomic E-state index is 0.228. The Kier molecular flexibility index (Phi) is 5.68. The van der Waals surface area contributed by atoms with Crippen molar-refractivity contribution >= 4 is 0 Å². The van der Waals surface area contributed by atoms with Crippen molar-refractivity contribution in [3.63, 3.8) is 0 Å². The molecule has 0 saturated carbocycles. The summed E-state index contributed by atoms with van der Waals surface area (Å²) in [6, 6.07) is 0.230. The minimum absolute atomic E-state index is 0.228. The summed E-state index contributed by atoms with van der Waals surface area (Å²) >= 11 is 0. The number of rotatable bonds is 6. The van der Waals surface area contributed by atoms with Gasteiger partial charge in [-0.25, -0.2) is 0 Å². The zero-order chi connectivity index (χ0) is 11.4. The smallest absolute Gasteiger partial charge is 0.0587 e. The lowest BCUT2D eigenvalue weighted by molar-refractivity contribution is 0.173. The SMILES string of the molecule is CC(C)C(CO)NCC(C)(C)C(C)C. The molecule has 2 N–H and O–H groups in total. The molecule has 0 aromatic rings. The van der Waals surface area contributed by atoms with E-state index in [2.05, 4.69) is 46.9 Å². The third kappa shape index (κ3) is 4.43. The third-order valence-electron chi connectivity index (χ3n) is 3.38. The lowest BCUT2D eigenvalue weighted by Gasteiger charge is -2.32. The molecular weight excluding hydrogens is 174 g/mol. The fourth-order valence-corrected chi connectivity index (χ4v) is 1.11. The molecule has 0 aliphatic heterocycles. The first kappa shape index (κ1) is 13.9. The van der Waals surface area contributed by atoms with Crippen LogP contribution in [0.5, 0.6) is 0 Å². The van der Waals surface area contributed by atoms with Crippen LogP contribution in [0.1, 0.15) is 41.5 Å². The zero-order valence-electron chi connectivity index (χ0n) is 10.6. The Balaban J connectivity index is 4.02. The van der Waals surface area contributed by atoms with E-state index in [-0.39, 0.29) is 12.6 Å². The van der Waals surface area contributed by atoms with Gasteiger partial charge < -0.3 is 10.4 Å². The van der Waals surface area contributed by atoms with Gasteiger partial charge in [-0.3, -0.25) is 0 Å². The Hall–Kier alpha value is -0.0800. The van der Waals surface area contributed by atoms with Crippen LogP contribution >= 0.6 is 0 Å². The zero-order valence-corrected chi connectivity index (χ0v) is 10.6. The predicted molar refractivity (Wildman–Crippen MR) is 62.3 cm³/mol. The van der Waals surface area contributed by atoms with E-state index in [1.807, 2.05) is 0 Å². The molecule has 0 saturated heterocycles. The van der Waals surface area contributed by atoms with E-state index in [4.69, 9.17) is 5.11 Å². The molecule has 0 heterocycles. The van der Waals surface area contributed by atoms with E-state index in [1.165, 1.54) is 0 Å². The van der Waals surface area contributed by atoms with E-state index >= 15 is 0 Å². The normalized spacial score (nSPS) is 15.2. The van der Waals surface area contributed by atoms with Crippen LogP contribution in [0.25, 0.3) is 0 Å². The van der Waals surface area contributed by atoms with Gasteiger partial charge in [-0.05, 0) is 17.3 Å². The Morgan fingerprint density at radius 2 is 1.64 bits per heavy atom. The summed E-state index contributed by atoms with van der Waals surface area (Å²) < 4.78 is 0. The van der Waals surface area contributed by atoms with Gasteiger partial charge in [0.1, 0.15) is 0 Å². The van der Waals surface area contributed by atoms with Gasteiger partial charge in [-0.2, -0.15) is 0 Å². The monoisotopic (exact) mass is 201 g/mol. The summed E-state index contributed by atoms with van der Waals surface area (Å²) in [6.45, 7) is 14.5. The van der Waals surface area contributed by atoms with E-state index in [1.54, 1.807) is 0 Å². The van der Waals surface area contributed by atoms with Gasteiger partial charge in [0, 0.05) is 12.6 Å². The molecule has 0 bridgehead atoms. The molecule has 14 heavy (non-hydrogen) atoms. The van der Waals surface area contributed by atoms with Crippen LogP contribution in [0, 0.1) is 17.3 Å². The quantitative estimate of drug-likeness (QED) is 0.691. The number of hydrogen-bond acceptors (Lipinski definition) is 2. The maximum absolute atomic E-state index is 9.17. The van der Waals surface area contributed by atoms with Gasteiger partial charge >= 0.3 is 0 Å². The van der Waals surface area contributed by atoms with Crippen molar-refractivity contribution in [3.8, 4) is 0 Å². The Bertz CT molecular complexity index is 152. The molecule has 0 rings (SSSR count). The van der Waals surface area contributed by atoms with Crippen molar-refractivity contribution in [2.24, 2.45) is 17.3 Å². The van der Waals surface area contributed by atoms with Crippen molar-refractivity contribution in [1.82, 2.24) is 5.32 Å². The van der Waals surface area contributed by atoms with Crippen LogP contribution in [0.2, 0.25) is 0 Å². The average molecular weight is 201 g/mol. The molecular formula is C12H27NO. The second-order valence-electron chi connectivity index (χ2n) is 5.56. The minimum Gasteiger partial charge on any atom is -0.395 e. The van der Waals surface area contributed by atoms with Crippen molar-refractivity contribution in [2.75, 3.05) is 13.2 Å². The Morgan fingerprint density at radius 1 is 1.14 bits per heavy atom. The second kappa shape index (κ2) is 5.72. The molecule has 0 aliphatic rings. The van der Waals surface area contributed by atoms with E-state index in [0.717, 1.165) is 6.54 Å². The number of hydrogen-bond donors (Lipinski definition) is 2. The van der Waals surface area contributed by atoms with Crippen LogP contribution in [0.15, 0.2) is 0 Å². The summed E-state index contributed by atoms with van der Waals surface area (Å²) in [5, 5.41) is 12.6. The maximum Gasteiger partial charge on any atom is 0.0587 e. The predicted octanol–water partition coefficient (Wildman–Crippen LogP) is 2.28. The molecule has 86 valence electrons. The van der Waals surface area contributed by atoms with Crippen molar-refractivity contribution in [3.05, 3.63) is 0 Å². The average Bonchev–Trinajstić information content (AvgIpc) is 2.04. The molecule has 0 spiro atoms. The van der Waals surface area contributed by atoms with Gasteiger partial charge in [0.2, 0.25) is 0 Å². The second-order valence-corrected chi connectivity index (χ2v) is 5.56. The molecule has 0 amide bonds. The fourth-order valence-electron chi connectivity index (χ4n) is 1.11. The molecule has 0 fully saturated rings. The summed E-state index contributed by atoms with van der Waals surface area (Å²) in [4.78, 5) is 0. The molecule has 2 heteroatoms. The van der Waals surface area contributed by atoms with Gasteiger partial charge in [-0.15, -0.1) is 0 Å². The highest BCUT2D eigenvalue weighted by atomic mass is 16.3. The van der Waals surface area contributed by atoms with Crippen LogP contribution in [0.4, 0.5) is 0 Å². The van der Waals surface area contributed by atoms with E-state index in [9.17, 15) is 0 Å². The van der Waals surface area contributed by atoms with Gasteiger partial charge in [0.25, 0.3) is 0 Å². The Labute approximate surface area is 89.1 Å². The number of aliphatic hydroxyl groups is 1. The summed E-state index contributed by atoms with van der Waals surface area (Å²) in [7, 11) is 0. The summed E-state index contributed by atoms with van der Waals surface area (Å²) in [5.74, 6) is 1.14. The largest absolute Gasteiger partial charge is 0.395 e. The summed E-state index contributed by atoms with van der Waals surface area (Å²) in [6.07, 6.45) is 0. The van der Waals surface area contributed by atoms with Gasteiger partial charge in [0.05, 0.1) is 6.61 Å². The molecule has 1 unspecified atom stereocenters. The van der Waals surface area contributed by atoms with Gasteiger partial charge in [-0.1, -0.05) is 41.5 Å². The van der Waals surface area contributed by atoms with Crippen LogP contribution < -0.4 is 5.32 Å². The standard InChI is InChI=1S/C12H27NO/c1-9(2)11(7-14)13-8-12(5,6)10(3)4/h9-11,13-14H,7-8H2,1-6H3. The molecule has 2 nitrogen and oxygen atoms in total. The highest BCUT2D eigenvalue weighted by Gasteiger charge is 2.23. The molecule has 0 aromatic heterocycles. The third-order valence-corrected chi connectivity index (χ3v) is 3.38. The van der Waals surface area contributed by atoms with Crippen molar-refractivity contribution in [2.45, 2.75) is 47.6 Å².